The minimum Gasteiger partial charge on any atom is -0.293 e. The number of carbonyl (C=O) groups is 1. The smallest absolute Gasteiger partial charge is 0.263 e. The predicted octanol–water partition coefficient (Wildman–Crippen LogP) is 6.16. The minimum atomic E-state index is 0.00100. The molecule has 0 unspecified atom stereocenters. The topological polar surface area (TPSA) is 52.0 Å². The van der Waals surface area contributed by atoms with Gasteiger partial charge in [0, 0.05) is 17.0 Å². The molecule has 0 amide bonds. The lowest BCUT2D eigenvalue weighted by Crippen LogP contribution is -2.23. The summed E-state index contributed by atoms with van der Waals surface area (Å²) in [7, 11) is 0. The standard InChI is InChI=1S/C26H28N2O2S2/c1-2-15-28-25(30)23-20-9-6-10-22(20)32-24(23)27-26(28)31-16-21(29)19-13-11-18(12-14-19)17-7-4-3-5-8-17/h2,11-14,17H,1,3-10,15-16H2. The number of aromatic nitrogens is 2. The summed E-state index contributed by atoms with van der Waals surface area (Å²) in [5.41, 5.74) is 3.27. The van der Waals surface area contributed by atoms with Crippen LogP contribution < -0.4 is 5.56 Å². The summed E-state index contributed by atoms with van der Waals surface area (Å²) in [4.78, 5) is 33.0. The predicted molar refractivity (Wildman–Crippen MR) is 133 cm³/mol. The van der Waals surface area contributed by atoms with Crippen LogP contribution in [0.5, 0.6) is 0 Å². The second kappa shape index (κ2) is 9.36. The van der Waals surface area contributed by atoms with Crippen LogP contribution in [0, 0.1) is 0 Å². The number of thioether (sulfide) groups is 1. The summed E-state index contributed by atoms with van der Waals surface area (Å²) in [5.74, 6) is 0.973. The maximum Gasteiger partial charge on any atom is 0.263 e. The van der Waals surface area contributed by atoms with Crippen molar-refractivity contribution < 1.29 is 4.79 Å². The van der Waals surface area contributed by atoms with Gasteiger partial charge in [-0.15, -0.1) is 17.9 Å². The number of fused-ring (bicyclic) bond motifs is 3. The maximum absolute atomic E-state index is 13.2. The first kappa shape index (κ1) is 21.7. The third kappa shape index (κ3) is 4.11. The molecule has 6 heteroatoms. The molecule has 2 aliphatic rings. The van der Waals surface area contributed by atoms with Gasteiger partial charge in [0.15, 0.2) is 10.9 Å². The van der Waals surface area contributed by atoms with E-state index < -0.39 is 0 Å². The van der Waals surface area contributed by atoms with Gasteiger partial charge in [-0.25, -0.2) is 4.98 Å². The lowest BCUT2D eigenvalue weighted by molar-refractivity contribution is 0.102. The van der Waals surface area contributed by atoms with Crippen LogP contribution in [0.25, 0.3) is 10.2 Å². The van der Waals surface area contributed by atoms with Crippen LogP contribution >= 0.6 is 23.1 Å². The summed E-state index contributed by atoms with van der Waals surface area (Å²) in [6.07, 6.45) is 11.3. The Morgan fingerprint density at radius 2 is 1.94 bits per heavy atom. The third-order valence-corrected chi connectivity index (χ3v) is 8.91. The first-order valence-electron chi connectivity index (χ1n) is 11.6. The van der Waals surface area contributed by atoms with Gasteiger partial charge >= 0.3 is 0 Å². The summed E-state index contributed by atoms with van der Waals surface area (Å²) in [6, 6.07) is 8.17. The molecule has 2 aromatic heterocycles. The van der Waals surface area contributed by atoms with Crippen LogP contribution in [0.2, 0.25) is 0 Å². The molecule has 0 saturated heterocycles. The number of hydrogen-bond donors (Lipinski definition) is 0. The van der Waals surface area contributed by atoms with Gasteiger partial charge in [-0.2, -0.15) is 0 Å². The van der Waals surface area contributed by atoms with Crippen molar-refractivity contribution in [2.24, 2.45) is 0 Å². The number of carbonyl (C=O) groups excluding carboxylic acids is 1. The van der Waals surface area contributed by atoms with Gasteiger partial charge in [0.05, 0.1) is 11.1 Å². The van der Waals surface area contributed by atoms with Crippen LogP contribution in [-0.4, -0.2) is 21.1 Å². The molecule has 0 atom stereocenters. The Labute approximate surface area is 196 Å². The van der Waals surface area contributed by atoms with Crippen LogP contribution in [0.4, 0.5) is 0 Å². The summed E-state index contributed by atoms with van der Waals surface area (Å²) in [6.45, 7) is 4.21. The Hall–Kier alpha value is -2.18. The van der Waals surface area contributed by atoms with Gasteiger partial charge in [0.1, 0.15) is 4.83 Å². The molecular weight excluding hydrogens is 436 g/mol. The Morgan fingerprint density at radius 3 is 2.69 bits per heavy atom. The quantitative estimate of drug-likeness (QED) is 0.182. The fourth-order valence-corrected chi connectivity index (χ4v) is 7.25. The Bertz CT molecular complexity index is 1220. The molecule has 1 saturated carbocycles. The van der Waals surface area contributed by atoms with E-state index in [1.54, 1.807) is 22.0 Å². The highest BCUT2D eigenvalue weighted by atomic mass is 32.2. The average molecular weight is 465 g/mol. The molecule has 166 valence electrons. The van der Waals surface area contributed by atoms with E-state index in [1.807, 2.05) is 12.1 Å². The number of nitrogens with zero attached hydrogens (tertiary/aromatic N) is 2. The molecular formula is C26H28N2O2S2. The Balaban J connectivity index is 1.35. The zero-order valence-corrected chi connectivity index (χ0v) is 19.9. The number of aryl methyl sites for hydroxylation is 2. The number of allylic oxidation sites excluding steroid dienone is 1. The zero-order valence-electron chi connectivity index (χ0n) is 18.3. The molecule has 1 aromatic carbocycles. The van der Waals surface area contributed by atoms with Crippen molar-refractivity contribution in [3.05, 3.63) is 68.8 Å². The van der Waals surface area contributed by atoms with Gasteiger partial charge < -0.3 is 0 Å². The van der Waals surface area contributed by atoms with E-state index in [0.717, 1.165) is 35.0 Å². The zero-order chi connectivity index (χ0) is 22.1. The normalized spacial score (nSPS) is 16.4. The van der Waals surface area contributed by atoms with Crippen molar-refractivity contribution in [3.8, 4) is 0 Å². The number of ketones is 1. The number of rotatable bonds is 7. The first-order chi connectivity index (χ1) is 15.7. The molecule has 3 aromatic rings. The number of Topliss-reactive ketones (excluding diaryl/α,β-unsaturated/α-hetero) is 1. The molecule has 1 fully saturated rings. The van der Waals surface area contributed by atoms with Gasteiger partial charge in [0.2, 0.25) is 0 Å². The van der Waals surface area contributed by atoms with Crippen molar-refractivity contribution >= 4 is 39.1 Å². The first-order valence-corrected chi connectivity index (χ1v) is 13.4. The van der Waals surface area contributed by atoms with Crippen LogP contribution in [-0.2, 0) is 19.4 Å². The maximum atomic E-state index is 13.2. The molecule has 0 N–H and O–H groups in total. The van der Waals surface area contributed by atoms with Crippen LogP contribution in [0.15, 0.2) is 46.9 Å². The van der Waals surface area contributed by atoms with Crippen molar-refractivity contribution in [2.75, 3.05) is 5.75 Å². The molecule has 0 spiro atoms. The molecule has 0 aliphatic heterocycles. The monoisotopic (exact) mass is 464 g/mol. The lowest BCUT2D eigenvalue weighted by Gasteiger charge is -2.22. The average Bonchev–Trinajstić information content (AvgIpc) is 3.41. The van der Waals surface area contributed by atoms with E-state index in [2.05, 4.69) is 18.7 Å². The van der Waals surface area contributed by atoms with E-state index in [0.29, 0.717) is 17.6 Å². The Kier molecular flexibility index (Phi) is 6.33. The fraction of sp³-hybridized carbons (Fsp3) is 0.423. The molecule has 0 radical (unpaired) electrons. The van der Waals surface area contributed by atoms with E-state index in [4.69, 9.17) is 4.98 Å². The van der Waals surface area contributed by atoms with Crippen molar-refractivity contribution in [1.29, 1.82) is 0 Å². The second-order valence-corrected chi connectivity index (χ2v) is 10.8. The van der Waals surface area contributed by atoms with E-state index in [1.165, 1.54) is 59.9 Å². The Morgan fingerprint density at radius 1 is 1.16 bits per heavy atom. The molecule has 0 bridgehead atoms. The van der Waals surface area contributed by atoms with Crippen LogP contribution in [0.1, 0.15) is 70.8 Å². The summed E-state index contributed by atoms with van der Waals surface area (Å²) >= 11 is 2.99. The number of hydrogen-bond acceptors (Lipinski definition) is 5. The van der Waals surface area contributed by atoms with Crippen LogP contribution in [0.3, 0.4) is 0 Å². The number of benzene rings is 1. The molecule has 32 heavy (non-hydrogen) atoms. The second-order valence-electron chi connectivity index (χ2n) is 8.81. The largest absolute Gasteiger partial charge is 0.293 e. The highest BCUT2D eigenvalue weighted by Gasteiger charge is 2.23. The van der Waals surface area contributed by atoms with Crippen molar-refractivity contribution in [1.82, 2.24) is 9.55 Å². The van der Waals surface area contributed by atoms with E-state index in [9.17, 15) is 9.59 Å². The third-order valence-electron chi connectivity index (χ3n) is 6.74. The van der Waals surface area contributed by atoms with Gasteiger partial charge in [0.25, 0.3) is 5.56 Å². The number of thiophene rings is 1. The lowest BCUT2D eigenvalue weighted by atomic mass is 9.84. The van der Waals surface area contributed by atoms with E-state index in [-0.39, 0.29) is 17.1 Å². The highest BCUT2D eigenvalue weighted by Crippen LogP contribution is 2.36. The molecule has 2 heterocycles. The van der Waals surface area contributed by atoms with E-state index >= 15 is 0 Å². The summed E-state index contributed by atoms with van der Waals surface area (Å²) < 4.78 is 1.67. The SMILES string of the molecule is C=CCn1c(SCC(=O)c2ccc(C3CCCCC3)cc2)nc2sc3c(c2c1=O)CCC3. The minimum absolute atomic E-state index is 0.00100. The van der Waals surface area contributed by atoms with Gasteiger partial charge in [-0.05, 0) is 49.1 Å². The molecule has 5 rings (SSSR count). The summed E-state index contributed by atoms with van der Waals surface area (Å²) in [5, 5.41) is 1.38. The molecule has 2 aliphatic carbocycles. The molecule has 4 nitrogen and oxygen atoms in total. The fourth-order valence-electron chi connectivity index (χ4n) is 5.05. The van der Waals surface area contributed by atoms with Gasteiger partial charge in [-0.3, -0.25) is 14.2 Å². The van der Waals surface area contributed by atoms with Crippen molar-refractivity contribution in [2.45, 2.75) is 69.0 Å². The van der Waals surface area contributed by atoms with Crippen molar-refractivity contribution in [3.63, 3.8) is 0 Å². The van der Waals surface area contributed by atoms with Gasteiger partial charge in [-0.1, -0.05) is 61.4 Å². The highest BCUT2D eigenvalue weighted by molar-refractivity contribution is 7.99.